The highest BCUT2D eigenvalue weighted by Gasteiger charge is 2.11. The summed E-state index contributed by atoms with van der Waals surface area (Å²) < 4.78 is 13.4. The molecule has 0 fully saturated rings. The van der Waals surface area contributed by atoms with Crippen LogP contribution < -0.4 is 0 Å². The number of hydrogen-bond donors (Lipinski definition) is 0. The Hall–Kier alpha value is -1.22. The van der Waals surface area contributed by atoms with E-state index in [0.29, 0.717) is 5.39 Å². The quantitative estimate of drug-likeness (QED) is 0.600. The predicted molar refractivity (Wildman–Crippen MR) is 61.6 cm³/mol. The van der Waals surface area contributed by atoms with E-state index in [0.717, 1.165) is 17.2 Å². The zero-order valence-corrected chi connectivity index (χ0v) is 9.37. The van der Waals surface area contributed by atoms with Crippen LogP contribution in [-0.4, -0.2) is 6.29 Å². The fourth-order valence-electron chi connectivity index (χ4n) is 1.60. The molecule has 2 aromatic carbocycles. The SMILES string of the molecule is O=CC(Br)c1ccc(F)c2ccccc12. The first kappa shape index (κ1) is 10.3. The van der Waals surface area contributed by atoms with E-state index in [9.17, 15) is 9.18 Å². The Morgan fingerprint density at radius 2 is 1.80 bits per heavy atom. The van der Waals surface area contributed by atoms with Gasteiger partial charge in [0.25, 0.3) is 0 Å². The van der Waals surface area contributed by atoms with Gasteiger partial charge in [0, 0.05) is 5.39 Å². The third-order valence-corrected chi connectivity index (χ3v) is 3.03. The first-order valence-electron chi connectivity index (χ1n) is 4.50. The molecule has 0 aliphatic carbocycles. The average Bonchev–Trinajstić information content (AvgIpc) is 2.29. The van der Waals surface area contributed by atoms with E-state index in [1.54, 1.807) is 18.2 Å². The minimum Gasteiger partial charge on any atom is -0.302 e. The summed E-state index contributed by atoms with van der Waals surface area (Å²) in [5, 5.41) is 1.31. The molecule has 76 valence electrons. The van der Waals surface area contributed by atoms with E-state index in [1.165, 1.54) is 6.07 Å². The summed E-state index contributed by atoms with van der Waals surface area (Å²) in [6.07, 6.45) is 0.791. The van der Waals surface area contributed by atoms with Crippen LogP contribution >= 0.6 is 15.9 Å². The first-order valence-corrected chi connectivity index (χ1v) is 5.42. The number of rotatable bonds is 2. The summed E-state index contributed by atoms with van der Waals surface area (Å²) in [6.45, 7) is 0. The highest BCUT2D eigenvalue weighted by molar-refractivity contribution is 9.09. The molecule has 0 radical (unpaired) electrons. The van der Waals surface area contributed by atoms with Gasteiger partial charge in [-0.2, -0.15) is 0 Å². The molecule has 15 heavy (non-hydrogen) atoms. The largest absolute Gasteiger partial charge is 0.302 e. The van der Waals surface area contributed by atoms with E-state index in [1.807, 2.05) is 12.1 Å². The highest BCUT2D eigenvalue weighted by atomic mass is 79.9. The van der Waals surface area contributed by atoms with Crippen molar-refractivity contribution < 1.29 is 9.18 Å². The van der Waals surface area contributed by atoms with Crippen molar-refractivity contribution in [3.8, 4) is 0 Å². The summed E-state index contributed by atoms with van der Waals surface area (Å²) in [6, 6.07) is 10.1. The number of carbonyl (C=O) groups is 1. The van der Waals surface area contributed by atoms with Crippen LogP contribution in [0.3, 0.4) is 0 Å². The molecule has 2 aromatic rings. The van der Waals surface area contributed by atoms with Gasteiger partial charge in [-0.25, -0.2) is 4.39 Å². The molecule has 1 unspecified atom stereocenters. The van der Waals surface area contributed by atoms with Crippen molar-refractivity contribution in [1.82, 2.24) is 0 Å². The van der Waals surface area contributed by atoms with Gasteiger partial charge in [-0.15, -0.1) is 0 Å². The smallest absolute Gasteiger partial charge is 0.138 e. The van der Waals surface area contributed by atoms with Crippen molar-refractivity contribution in [3.63, 3.8) is 0 Å². The van der Waals surface area contributed by atoms with Crippen LogP contribution in [0.5, 0.6) is 0 Å². The lowest BCUT2D eigenvalue weighted by atomic mass is 10.0. The van der Waals surface area contributed by atoms with Crippen molar-refractivity contribution in [2.24, 2.45) is 0 Å². The lowest BCUT2D eigenvalue weighted by Gasteiger charge is -2.08. The predicted octanol–water partition coefficient (Wildman–Crippen LogP) is 3.61. The van der Waals surface area contributed by atoms with Gasteiger partial charge >= 0.3 is 0 Å². The van der Waals surface area contributed by atoms with Gasteiger partial charge in [-0.05, 0) is 17.0 Å². The molecule has 1 nitrogen and oxygen atoms in total. The van der Waals surface area contributed by atoms with Crippen LogP contribution in [0.25, 0.3) is 10.8 Å². The molecule has 0 aliphatic heterocycles. The molecule has 0 spiro atoms. The zero-order valence-electron chi connectivity index (χ0n) is 7.78. The topological polar surface area (TPSA) is 17.1 Å². The van der Waals surface area contributed by atoms with E-state index < -0.39 is 0 Å². The Bertz CT molecular complexity index is 510. The standard InChI is InChI=1S/C12H8BrFO/c13-11(7-15)9-5-6-12(14)10-4-2-1-3-8(9)10/h1-7,11H. The number of alkyl halides is 1. The van der Waals surface area contributed by atoms with Crippen LogP contribution in [0.2, 0.25) is 0 Å². The molecular formula is C12H8BrFO. The van der Waals surface area contributed by atoms with Gasteiger partial charge in [-0.1, -0.05) is 46.3 Å². The van der Waals surface area contributed by atoms with Crippen molar-refractivity contribution in [3.05, 3.63) is 47.8 Å². The Morgan fingerprint density at radius 1 is 1.13 bits per heavy atom. The number of aldehydes is 1. The fourth-order valence-corrected chi connectivity index (χ4v) is 2.00. The summed E-state index contributed by atoms with van der Waals surface area (Å²) in [7, 11) is 0. The molecule has 0 bridgehead atoms. The minimum absolute atomic E-state index is 0.264. The van der Waals surface area contributed by atoms with E-state index in [4.69, 9.17) is 0 Å². The summed E-state index contributed by atoms with van der Waals surface area (Å²) >= 11 is 3.24. The van der Waals surface area contributed by atoms with E-state index in [2.05, 4.69) is 15.9 Å². The maximum atomic E-state index is 13.4. The maximum Gasteiger partial charge on any atom is 0.138 e. The molecule has 0 saturated carbocycles. The molecular weight excluding hydrogens is 259 g/mol. The second-order valence-electron chi connectivity index (χ2n) is 3.22. The van der Waals surface area contributed by atoms with Gasteiger partial charge in [0.15, 0.2) is 0 Å². The van der Waals surface area contributed by atoms with Gasteiger partial charge in [0.05, 0.1) is 4.83 Å². The van der Waals surface area contributed by atoms with Crippen molar-refractivity contribution in [1.29, 1.82) is 0 Å². The van der Waals surface area contributed by atoms with Crippen molar-refractivity contribution >= 4 is 33.0 Å². The Balaban J connectivity index is 2.77. The lowest BCUT2D eigenvalue weighted by Crippen LogP contribution is -1.93. The number of benzene rings is 2. The Morgan fingerprint density at radius 3 is 2.47 bits per heavy atom. The normalized spacial score (nSPS) is 12.7. The molecule has 0 saturated heterocycles. The third kappa shape index (κ3) is 1.79. The van der Waals surface area contributed by atoms with Crippen LogP contribution in [0.4, 0.5) is 4.39 Å². The fraction of sp³-hybridized carbons (Fsp3) is 0.0833. The highest BCUT2D eigenvalue weighted by Crippen LogP contribution is 2.29. The third-order valence-electron chi connectivity index (χ3n) is 2.32. The molecule has 0 amide bonds. The van der Waals surface area contributed by atoms with Crippen LogP contribution in [-0.2, 0) is 4.79 Å². The zero-order chi connectivity index (χ0) is 10.8. The van der Waals surface area contributed by atoms with Gasteiger partial charge < -0.3 is 4.79 Å². The van der Waals surface area contributed by atoms with E-state index >= 15 is 0 Å². The average molecular weight is 267 g/mol. The van der Waals surface area contributed by atoms with Crippen LogP contribution in [0.15, 0.2) is 36.4 Å². The second kappa shape index (κ2) is 4.11. The number of carbonyl (C=O) groups excluding carboxylic acids is 1. The number of fused-ring (bicyclic) bond motifs is 1. The van der Waals surface area contributed by atoms with Crippen molar-refractivity contribution in [2.45, 2.75) is 4.83 Å². The Labute approximate surface area is 95.0 Å². The first-order chi connectivity index (χ1) is 7.24. The molecule has 0 N–H and O–H groups in total. The maximum absolute atomic E-state index is 13.4. The van der Waals surface area contributed by atoms with Gasteiger partial charge in [0.1, 0.15) is 12.1 Å². The minimum atomic E-state index is -0.386. The van der Waals surface area contributed by atoms with Crippen LogP contribution in [0, 0.1) is 5.82 Å². The lowest BCUT2D eigenvalue weighted by molar-refractivity contribution is -0.107. The molecule has 3 heteroatoms. The summed E-state index contributed by atoms with van der Waals surface area (Å²) in [5.41, 5.74) is 0.794. The molecule has 0 aromatic heterocycles. The van der Waals surface area contributed by atoms with E-state index in [-0.39, 0.29) is 10.6 Å². The molecule has 0 aliphatic rings. The summed E-state index contributed by atoms with van der Waals surface area (Å²) in [5.74, 6) is -0.264. The molecule has 2 rings (SSSR count). The van der Waals surface area contributed by atoms with Gasteiger partial charge in [-0.3, -0.25) is 0 Å². The summed E-state index contributed by atoms with van der Waals surface area (Å²) in [4.78, 5) is 10.3. The van der Waals surface area contributed by atoms with Gasteiger partial charge in [0.2, 0.25) is 0 Å². The monoisotopic (exact) mass is 266 g/mol. The molecule has 1 atom stereocenters. The number of halogens is 2. The molecule has 0 heterocycles. The number of hydrogen-bond acceptors (Lipinski definition) is 1. The second-order valence-corrected chi connectivity index (χ2v) is 4.21. The van der Waals surface area contributed by atoms with Crippen molar-refractivity contribution in [2.75, 3.05) is 0 Å². The Kier molecular flexibility index (Phi) is 2.82. The van der Waals surface area contributed by atoms with Crippen LogP contribution in [0.1, 0.15) is 10.4 Å².